The summed E-state index contributed by atoms with van der Waals surface area (Å²) in [5.41, 5.74) is 0.895. The minimum atomic E-state index is -0.687. The van der Waals surface area contributed by atoms with Gasteiger partial charge in [0.1, 0.15) is 17.7 Å². The van der Waals surface area contributed by atoms with Crippen LogP contribution in [0.25, 0.3) is 11.1 Å². The lowest BCUT2D eigenvalue weighted by Gasteiger charge is -2.35. The highest BCUT2D eigenvalue weighted by atomic mass is 35.5. The number of amides is 1. The van der Waals surface area contributed by atoms with E-state index in [4.69, 9.17) is 16.3 Å². The smallest absolute Gasteiger partial charge is 0.412 e. The summed E-state index contributed by atoms with van der Waals surface area (Å²) >= 11 is 5.85. The number of carbonyl (C=O) groups excluding carboxylic acids is 1. The zero-order valence-electron chi connectivity index (χ0n) is 15.4. The fourth-order valence-corrected chi connectivity index (χ4v) is 4.48. The van der Waals surface area contributed by atoms with Gasteiger partial charge in [-0.25, -0.2) is 13.6 Å². The van der Waals surface area contributed by atoms with Crippen LogP contribution in [0, 0.1) is 11.6 Å². The number of nitrogens with one attached hydrogen (secondary N) is 1. The van der Waals surface area contributed by atoms with Crippen molar-refractivity contribution >= 4 is 23.4 Å². The van der Waals surface area contributed by atoms with Gasteiger partial charge in [-0.3, -0.25) is 5.32 Å². The van der Waals surface area contributed by atoms with Crippen molar-refractivity contribution in [3.8, 4) is 11.1 Å². The second kappa shape index (κ2) is 7.68. The maximum atomic E-state index is 14.5. The summed E-state index contributed by atoms with van der Waals surface area (Å²) in [5.74, 6) is -1.16. The first-order valence-electron chi connectivity index (χ1n) is 9.36. The van der Waals surface area contributed by atoms with Gasteiger partial charge in [-0.1, -0.05) is 29.8 Å². The fraction of sp³-hybridized carbons (Fsp3) is 0.381. The first-order valence-corrected chi connectivity index (χ1v) is 9.73. The monoisotopic (exact) mass is 406 g/mol. The number of hydrogen-bond donors (Lipinski definition) is 1. The summed E-state index contributed by atoms with van der Waals surface area (Å²) < 4.78 is 33.5. The number of nitrogens with zero attached hydrogens (tertiary/aromatic N) is 1. The number of fused-ring (bicyclic) bond motifs is 2. The number of benzene rings is 2. The number of halogens is 3. The van der Waals surface area contributed by atoms with Gasteiger partial charge >= 0.3 is 6.09 Å². The molecule has 2 aromatic carbocycles. The third kappa shape index (κ3) is 3.71. The normalized spacial score (nSPS) is 24.2. The molecular formula is C21H21ClF2N2O2. The maximum Gasteiger partial charge on any atom is 0.412 e. The molecule has 28 heavy (non-hydrogen) atoms. The molecule has 1 amide bonds. The largest absolute Gasteiger partial charge is 0.446 e. The predicted molar refractivity (Wildman–Crippen MR) is 105 cm³/mol. The van der Waals surface area contributed by atoms with Gasteiger partial charge in [0.2, 0.25) is 0 Å². The molecule has 7 heteroatoms. The van der Waals surface area contributed by atoms with Gasteiger partial charge in [0, 0.05) is 30.5 Å². The van der Waals surface area contributed by atoms with Crippen LogP contribution in [0.15, 0.2) is 36.4 Å². The number of piperidine rings is 1. The number of ether oxygens (including phenoxy) is 1. The number of hydrogen-bond acceptors (Lipinski definition) is 3. The number of para-hydroxylation sites is 1. The molecule has 0 radical (unpaired) electrons. The Hall–Kier alpha value is -2.18. The molecule has 0 saturated carbocycles. The first kappa shape index (κ1) is 19.2. The molecule has 2 saturated heterocycles. The Labute approximate surface area is 167 Å². The molecular weight excluding hydrogens is 386 g/mol. The number of carbonyl (C=O) groups is 1. The minimum absolute atomic E-state index is 0.00826. The molecule has 0 aromatic heterocycles. The molecule has 2 atom stereocenters. The van der Waals surface area contributed by atoms with Gasteiger partial charge in [-0.05, 0) is 43.7 Å². The van der Waals surface area contributed by atoms with Crippen molar-refractivity contribution in [2.24, 2.45) is 0 Å². The standard InChI is InChI=1S/C21H21ClF2N2O2/c1-26-13-6-7-14(26)11-15(10-13)28-21(27)25-20-16(3-2-4-19(20)24)12-5-8-18(23)17(22)9-12/h2-5,8-9,13-15H,6-7,10-11H2,1H3,(H,25,27). The Bertz CT molecular complexity index is 894. The Morgan fingerprint density at radius 2 is 1.86 bits per heavy atom. The van der Waals surface area contributed by atoms with E-state index in [0.29, 0.717) is 23.2 Å². The van der Waals surface area contributed by atoms with E-state index in [1.165, 1.54) is 30.3 Å². The van der Waals surface area contributed by atoms with E-state index in [1.807, 2.05) is 0 Å². The van der Waals surface area contributed by atoms with Crippen molar-refractivity contribution in [3.63, 3.8) is 0 Å². The summed E-state index contributed by atoms with van der Waals surface area (Å²) in [6.07, 6.45) is 2.95. The van der Waals surface area contributed by atoms with E-state index < -0.39 is 17.7 Å². The first-order chi connectivity index (χ1) is 13.4. The van der Waals surface area contributed by atoms with Gasteiger partial charge in [-0.15, -0.1) is 0 Å². The highest BCUT2D eigenvalue weighted by molar-refractivity contribution is 6.31. The van der Waals surface area contributed by atoms with E-state index in [9.17, 15) is 13.6 Å². The maximum absolute atomic E-state index is 14.5. The second-order valence-corrected chi connectivity index (χ2v) is 7.87. The van der Waals surface area contributed by atoms with Gasteiger partial charge in [-0.2, -0.15) is 0 Å². The molecule has 2 unspecified atom stereocenters. The van der Waals surface area contributed by atoms with Crippen molar-refractivity contribution in [3.05, 3.63) is 53.1 Å². The molecule has 2 aliphatic rings. The summed E-state index contributed by atoms with van der Waals surface area (Å²) in [7, 11) is 2.11. The number of anilines is 1. The van der Waals surface area contributed by atoms with Crippen LogP contribution in [-0.4, -0.2) is 36.2 Å². The molecule has 4 nitrogen and oxygen atoms in total. The minimum Gasteiger partial charge on any atom is -0.446 e. The van der Waals surface area contributed by atoms with Gasteiger partial charge < -0.3 is 9.64 Å². The summed E-state index contributed by atoms with van der Waals surface area (Å²) in [5, 5.41) is 2.46. The molecule has 1 N–H and O–H groups in total. The lowest BCUT2D eigenvalue weighted by Crippen LogP contribution is -2.43. The van der Waals surface area contributed by atoms with Crippen molar-refractivity contribution < 1.29 is 18.3 Å². The van der Waals surface area contributed by atoms with E-state index in [-0.39, 0.29) is 16.8 Å². The molecule has 148 valence electrons. The SMILES string of the molecule is CN1C2CCC1CC(OC(=O)Nc1c(F)cccc1-c1ccc(F)c(Cl)c1)C2. The van der Waals surface area contributed by atoms with E-state index >= 15 is 0 Å². The average molecular weight is 407 g/mol. The van der Waals surface area contributed by atoms with Crippen LogP contribution in [-0.2, 0) is 4.74 Å². The highest BCUT2D eigenvalue weighted by Crippen LogP contribution is 2.36. The Kier molecular flexibility index (Phi) is 5.25. The Balaban J connectivity index is 1.51. The summed E-state index contributed by atoms with van der Waals surface area (Å²) in [6.45, 7) is 0. The topological polar surface area (TPSA) is 41.6 Å². The predicted octanol–water partition coefficient (Wildman–Crippen LogP) is 5.46. The summed E-state index contributed by atoms with van der Waals surface area (Å²) in [4.78, 5) is 14.8. The van der Waals surface area contributed by atoms with Crippen LogP contribution in [0.4, 0.5) is 19.3 Å². The quantitative estimate of drug-likeness (QED) is 0.736. The molecule has 2 aliphatic heterocycles. The van der Waals surface area contributed by atoms with Crippen molar-refractivity contribution in [1.82, 2.24) is 4.90 Å². The van der Waals surface area contributed by atoms with E-state index in [1.54, 1.807) is 6.07 Å². The van der Waals surface area contributed by atoms with Crippen LogP contribution in [0.5, 0.6) is 0 Å². The van der Waals surface area contributed by atoms with Gasteiger partial charge in [0.15, 0.2) is 0 Å². The van der Waals surface area contributed by atoms with Gasteiger partial charge in [0.25, 0.3) is 0 Å². The highest BCUT2D eigenvalue weighted by Gasteiger charge is 2.39. The van der Waals surface area contributed by atoms with Crippen molar-refractivity contribution in [1.29, 1.82) is 0 Å². The molecule has 2 aromatic rings. The van der Waals surface area contributed by atoms with E-state index in [2.05, 4.69) is 17.3 Å². The third-order valence-corrected chi connectivity index (χ3v) is 6.09. The molecule has 0 spiro atoms. The molecule has 2 fully saturated rings. The Morgan fingerprint density at radius 1 is 1.14 bits per heavy atom. The van der Waals surface area contributed by atoms with Crippen LogP contribution in [0.2, 0.25) is 5.02 Å². The van der Waals surface area contributed by atoms with Gasteiger partial charge in [0.05, 0.1) is 10.7 Å². The average Bonchev–Trinajstić information content (AvgIpc) is 2.87. The molecule has 0 aliphatic carbocycles. The zero-order valence-corrected chi connectivity index (χ0v) is 16.2. The fourth-order valence-electron chi connectivity index (χ4n) is 4.30. The molecule has 4 rings (SSSR count). The van der Waals surface area contributed by atoms with Crippen molar-refractivity contribution in [2.75, 3.05) is 12.4 Å². The molecule has 2 heterocycles. The van der Waals surface area contributed by atoms with Crippen LogP contribution >= 0.6 is 11.6 Å². The van der Waals surface area contributed by atoms with Crippen LogP contribution in [0.3, 0.4) is 0 Å². The molecule has 2 bridgehead atoms. The van der Waals surface area contributed by atoms with Crippen molar-refractivity contribution in [2.45, 2.75) is 43.9 Å². The van der Waals surface area contributed by atoms with E-state index in [0.717, 1.165) is 25.7 Å². The number of rotatable bonds is 3. The second-order valence-electron chi connectivity index (χ2n) is 7.47. The zero-order chi connectivity index (χ0) is 19.8. The summed E-state index contributed by atoms with van der Waals surface area (Å²) in [6, 6.07) is 9.37. The lowest BCUT2D eigenvalue weighted by atomic mass is 10.0. The lowest BCUT2D eigenvalue weighted by molar-refractivity contribution is 0.0348. The van der Waals surface area contributed by atoms with Crippen LogP contribution in [0.1, 0.15) is 25.7 Å². The third-order valence-electron chi connectivity index (χ3n) is 5.80. The Morgan fingerprint density at radius 3 is 2.54 bits per heavy atom. The van der Waals surface area contributed by atoms with Crippen LogP contribution < -0.4 is 5.32 Å².